The van der Waals surface area contributed by atoms with Crippen molar-refractivity contribution < 1.29 is 8.78 Å². The van der Waals surface area contributed by atoms with Gasteiger partial charge in [-0.1, -0.05) is 24.3 Å². The Morgan fingerprint density at radius 2 is 1.77 bits per heavy atom. The lowest BCUT2D eigenvalue weighted by atomic mass is 10.1. The van der Waals surface area contributed by atoms with Gasteiger partial charge in [0.15, 0.2) is 5.82 Å². The van der Waals surface area contributed by atoms with E-state index in [2.05, 4.69) is 20.9 Å². The van der Waals surface area contributed by atoms with Crippen LogP contribution in [0.3, 0.4) is 0 Å². The van der Waals surface area contributed by atoms with Gasteiger partial charge < -0.3 is 9.88 Å². The van der Waals surface area contributed by atoms with E-state index in [9.17, 15) is 14.0 Å². The first kappa shape index (κ1) is 20.5. The van der Waals surface area contributed by atoms with E-state index in [0.29, 0.717) is 31.0 Å². The predicted octanol–water partition coefficient (Wildman–Crippen LogP) is 5.51. The van der Waals surface area contributed by atoms with Crippen LogP contribution in [0.1, 0.15) is 28.1 Å². The highest BCUT2D eigenvalue weighted by atomic mass is 19.1. The molecule has 0 aliphatic carbocycles. The fourth-order valence-electron chi connectivity index (χ4n) is 3.83. The van der Waals surface area contributed by atoms with Crippen LogP contribution in [0.5, 0.6) is 0 Å². The minimum atomic E-state index is -0.272. The van der Waals surface area contributed by atoms with Gasteiger partial charge in [-0.2, -0.15) is 5.26 Å². The number of hydrogen-bond donors (Lipinski definition) is 1. The molecule has 0 aliphatic heterocycles. The maximum Gasteiger partial charge on any atom is 0.152 e. The second-order valence-corrected chi connectivity index (χ2v) is 7.59. The monoisotopic (exact) mass is 416 g/mol. The molecule has 2 aromatic heterocycles. The third-order valence-corrected chi connectivity index (χ3v) is 5.58. The molecule has 4 aromatic rings. The molecule has 0 spiro atoms. The number of anilines is 1. The number of fused-ring (bicyclic) bond motifs is 1. The van der Waals surface area contributed by atoms with E-state index in [1.165, 1.54) is 24.3 Å². The van der Waals surface area contributed by atoms with Crippen LogP contribution >= 0.6 is 0 Å². The summed E-state index contributed by atoms with van der Waals surface area (Å²) in [7, 11) is 0. The Kier molecular flexibility index (Phi) is 5.68. The number of nitrogens with one attached hydrogen (secondary N) is 1. The van der Waals surface area contributed by atoms with Crippen molar-refractivity contribution in [1.82, 2.24) is 9.55 Å². The molecule has 0 aliphatic rings. The Hall–Kier alpha value is -3.72. The van der Waals surface area contributed by atoms with Crippen LogP contribution < -0.4 is 5.32 Å². The summed E-state index contributed by atoms with van der Waals surface area (Å²) in [4.78, 5) is 4.51. The first-order valence-electron chi connectivity index (χ1n) is 10.1. The van der Waals surface area contributed by atoms with Gasteiger partial charge in [-0.3, -0.25) is 0 Å². The van der Waals surface area contributed by atoms with E-state index in [4.69, 9.17) is 0 Å². The SMILES string of the molecule is Cc1c(C)n(Cc2cccc(F)c2)c2c(NCCc3ccc(F)cc3)nc(C#N)cc12. The van der Waals surface area contributed by atoms with Crippen molar-refractivity contribution in [2.24, 2.45) is 0 Å². The molecule has 0 unspecified atom stereocenters. The van der Waals surface area contributed by atoms with E-state index in [1.54, 1.807) is 24.3 Å². The largest absolute Gasteiger partial charge is 0.368 e. The minimum Gasteiger partial charge on any atom is -0.368 e. The standard InChI is InChI=1S/C25H22F2N4/c1-16-17(2)31(15-19-4-3-5-21(27)12-19)24-23(16)13-22(14-28)30-25(24)29-11-10-18-6-8-20(26)9-7-18/h3-9,12-13H,10-11,15H2,1-2H3,(H,29,30). The number of rotatable bonds is 6. The molecule has 31 heavy (non-hydrogen) atoms. The Morgan fingerprint density at radius 3 is 2.48 bits per heavy atom. The van der Waals surface area contributed by atoms with Crippen molar-refractivity contribution in [3.63, 3.8) is 0 Å². The molecule has 6 heteroatoms. The van der Waals surface area contributed by atoms with Gasteiger partial charge in [0.25, 0.3) is 0 Å². The number of hydrogen-bond acceptors (Lipinski definition) is 3. The Labute approximate surface area is 179 Å². The third kappa shape index (κ3) is 4.26. The number of aryl methyl sites for hydroxylation is 1. The maximum atomic E-state index is 13.7. The van der Waals surface area contributed by atoms with Gasteiger partial charge in [-0.15, -0.1) is 0 Å². The van der Waals surface area contributed by atoms with Gasteiger partial charge >= 0.3 is 0 Å². The zero-order valence-corrected chi connectivity index (χ0v) is 17.4. The molecule has 0 bridgehead atoms. The summed E-state index contributed by atoms with van der Waals surface area (Å²) in [5.41, 5.74) is 5.18. The van der Waals surface area contributed by atoms with Crippen LogP contribution in [-0.2, 0) is 13.0 Å². The van der Waals surface area contributed by atoms with Gasteiger partial charge in [0.1, 0.15) is 23.4 Å². The summed E-state index contributed by atoms with van der Waals surface area (Å²) in [6.45, 7) is 5.10. The van der Waals surface area contributed by atoms with Crippen LogP contribution in [0, 0.1) is 36.8 Å². The summed E-state index contributed by atoms with van der Waals surface area (Å²) >= 11 is 0. The molecule has 2 aromatic carbocycles. The lowest BCUT2D eigenvalue weighted by Crippen LogP contribution is -2.10. The molecule has 0 radical (unpaired) electrons. The Morgan fingerprint density at radius 1 is 1.00 bits per heavy atom. The van der Waals surface area contributed by atoms with Crippen molar-refractivity contribution in [2.75, 3.05) is 11.9 Å². The lowest BCUT2D eigenvalue weighted by molar-refractivity contribution is 0.623. The lowest BCUT2D eigenvalue weighted by Gasteiger charge is -2.13. The average Bonchev–Trinajstić information content (AvgIpc) is 3.00. The summed E-state index contributed by atoms with van der Waals surface area (Å²) in [6.07, 6.45) is 0.683. The minimum absolute atomic E-state index is 0.261. The van der Waals surface area contributed by atoms with Crippen molar-refractivity contribution in [1.29, 1.82) is 5.26 Å². The molecular formula is C25H22F2N4. The number of benzene rings is 2. The second-order valence-electron chi connectivity index (χ2n) is 7.59. The van der Waals surface area contributed by atoms with Gasteiger partial charge in [-0.05, 0) is 67.3 Å². The highest BCUT2D eigenvalue weighted by molar-refractivity contribution is 5.94. The first-order valence-corrected chi connectivity index (χ1v) is 10.1. The molecule has 0 saturated carbocycles. The van der Waals surface area contributed by atoms with Crippen LogP contribution in [0.25, 0.3) is 10.9 Å². The summed E-state index contributed by atoms with van der Waals surface area (Å²) in [5, 5.41) is 13.8. The van der Waals surface area contributed by atoms with Crippen molar-refractivity contribution in [2.45, 2.75) is 26.8 Å². The molecule has 156 valence electrons. The third-order valence-electron chi connectivity index (χ3n) is 5.58. The molecule has 0 amide bonds. The molecule has 4 nitrogen and oxygen atoms in total. The highest BCUT2D eigenvalue weighted by Gasteiger charge is 2.17. The topological polar surface area (TPSA) is 53.6 Å². The van der Waals surface area contributed by atoms with Gasteiger partial charge in [-0.25, -0.2) is 13.8 Å². The van der Waals surface area contributed by atoms with Gasteiger partial charge in [0, 0.05) is 24.2 Å². The van der Waals surface area contributed by atoms with Crippen LogP contribution in [0.4, 0.5) is 14.6 Å². The van der Waals surface area contributed by atoms with E-state index in [1.807, 2.05) is 19.9 Å². The molecule has 0 atom stereocenters. The Balaban J connectivity index is 1.71. The summed E-state index contributed by atoms with van der Waals surface area (Å²) in [5.74, 6) is 0.0811. The quantitative estimate of drug-likeness (QED) is 0.451. The van der Waals surface area contributed by atoms with E-state index >= 15 is 0 Å². The molecule has 4 rings (SSSR count). The van der Waals surface area contributed by atoms with Crippen LogP contribution in [-0.4, -0.2) is 16.1 Å². The zero-order valence-electron chi connectivity index (χ0n) is 17.4. The fourth-order valence-corrected chi connectivity index (χ4v) is 3.83. The van der Waals surface area contributed by atoms with Crippen molar-refractivity contribution in [3.05, 3.63) is 94.3 Å². The number of halogens is 2. The van der Waals surface area contributed by atoms with Gasteiger partial charge in [0.2, 0.25) is 0 Å². The fraction of sp³-hybridized carbons (Fsp3) is 0.200. The number of nitriles is 1. The van der Waals surface area contributed by atoms with E-state index < -0.39 is 0 Å². The molecule has 1 N–H and O–H groups in total. The zero-order chi connectivity index (χ0) is 22.0. The number of pyridine rings is 1. The molecular weight excluding hydrogens is 394 g/mol. The van der Waals surface area contributed by atoms with Crippen molar-refractivity contribution >= 4 is 16.7 Å². The smallest absolute Gasteiger partial charge is 0.152 e. The van der Waals surface area contributed by atoms with E-state index in [0.717, 1.165) is 33.3 Å². The molecule has 0 saturated heterocycles. The average molecular weight is 416 g/mol. The predicted molar refractivity (Wildman–Crippen MR) is 118 cm³/mol. The van der Waals surface area contributed by atoms with Crippen LogP contribution in [0.15, 0.2) is 54.6 Å². The second kappa shape index (κ2) is 8.57. The number of nitrogens with zero attached hydrogens (tertiary/aromatic N) is 3. The number of aromatic nitrogens is 2. The summed E-state index contributed by atoms with van der Waals surface area (Å²) in [6, 6.07) is 16.9. The molecule has 2 heterocycles. The first-order chi connectivity index (χ1) is 15.0. The van der Waals surface area contributed by atoms with Gasteiger partial charge in [0.05, 0.1) is 5.52 Å². The van der Waals surface area contributed by atoms with E-state index in [-0.39, 0.29) is 11.6 Å². The Bertz CT molecular complexity index is 1280. The normalized spacial score (nSPS) is 10.9. The maximum absolute atomic E-state index is 13.7. The van der Waals surface area contributed by atoms with Crippen LogP contribution in [0.2, 0.25) is 0 Å². The highest BCUT2D eigenvalue weighted by Crippen LogP contribution is 2.31. The summed E-state index contributed by atoms with van der Waals surface area (Å²) < 4.78 is 29.0. The molecule has 0 fully saturated rings. The van der Waals surface area contributed by atoms with Crippen molar-refractivity contribution in [3.8, 4) is 6.07 Å².